The van der Waals surface area contributed by atoms with E-state index in [1.807, 2.05) is 0 Å². The second-order valence-electron chi connectivity index (χ2n) is 4.40. The summed E-state index contributed by atoms with van der Waals surface area (Å²) in [6.45, 7) is 4.54. The molecule has 0 aromatic heterocycles. The van der Waals surface area contributed by atoms with Gasteiger partial charge in [0.2, 0.25) is 0 Å². The van der Waals surface area contributed by atoms with Crippen molar-refractivity contribution in [3.8, 4) is 0 Å². The van der Waals surface area contributed by atoms with E-state index in [1.54, 1.807) is 0 Å². The van der Waals surface area contributed by atoms with Crippen molar-refractivity contribution in [1.82, 2.24) is 5.32 Å². The fourth-order valence-corrected chi connectivity index (χ4v) is 3.04. The lowest BCUT2D eigenvalue weighted by Crippen LogP contribution is -2.36. The molecule has 1 nitrogen and oxygen atoms in total. The predicted octanol–water partition coefficient (Wildman–Crippen LogP) is 3.44. The van der Waals surface area contributed by atoms with Gasteiger partial charge in [0, 0.05) is 16.1 Å². The molecule has 14 heavy (non-hydrogen) atoms. The maximum Gasteiger partial charge on any atom is 0.0419 e. The normalized spacial score (nSPS) is 32.1. The Hall–Kier alpha value is -0.340. The van der Waals surface area contributed by atoms with Gasteiger partial charge < -0.3 is 5.32 Å². The number of hydrogen-bond acceptors (Lipinski definition) is 1. The van der Waals surface area contributed by atoms with Crippen LogP contribution in [0.1, 0.15) is 32.3 Å². The van der Waals surface area contributed by atoms with Crippen LogP contribution in [0.15, 0.2) is 28.7 Å². The standard InChI is InChI=1S/C12H16BrN/c1-9-7-8-12(2,14-9)10-5-3-4-6-11(10)13/h3-6,9,14H,7-8H2,1-2H3. The Morgan fingerprint density at radius 1 is 1.43 bits per heavy atom. The molecule has 1 N–H and O–H groups in total. The number of benzene rings is 1. The van der Waals surface area contributed by atoms with Crippen LogP contribution in [0, 0.1) is 0 Å². The van der Waals surface area contributed by atoms with Crippen molar-refractivity contribution < 1.29 is 0 Å². The van der Waals surface area contributed by atoms with Gasteiger partial charge in [0.25, 0.3) is 0 Å². The van der Waals surface area contributed by atoms with Crippen molar-refractivity contribution >= 4 is 15.9 Å². The van der Waals surface area contributed by atoms with Crippen LogP contribution >= 0.6 is 15.9 Å². The Balaban J connectivity index is 2.35. The molecule has 0 amide bonds. The molecule has 2 rings (SSSR count). The fourth-order valence-electron chi connectivity index (χ4n) is 2.31. The van der Waals surface area contributed by atoms with Gasteiger partial charge in [-0.15, -0.1) is 0 Å². The minimum atomic E-state index is 0.152. The molecule has 1 aromatic carbocycles. The third kappa shape index (κ3) is 1.73. The van der Waals surface area contributed by atoms with Crippen LogP contribution in [0.2, 0.25) is 0 Å². The van der Waals surface area contributed by atoms with Gasteiger partial charge in [-0.2, -0.15) is 0 Å². The lowest BCUT2D eigenvalue weighted by molar-refractivity contribution is 0.412. The zero-order valence-electron chi connectivity index (χ0n) is 8.68. The number of hydrogen-bond donors (Lipinski definition) is 1. The van der Waals surface area contributed by atoms with Crippen molar-refractivity contribution in [2.75, 3.05) is 0 Å². The first-order chi connectivity index (χ1) is 6.62. The lowest BCUT2D eigenvalue weighted by Gasteiger charge is -2.27. The molecule has 0 radical (unpaired) electrons. The zero-order chi connectivity index (χ0) is 10.2. The van der Waals surface area contributed by atoms with Crippen LogP contribution in [0.4, 0.5) is 0 Å². The molecule has 1 aromatic rings. The summed E-state index contributed by atoms with van der Waals surface area (Å²) >= 11 is 3.62. The molecular weight excluding hydrogens is 238 g/mol. The van der Waals surface area contributed by atoms with Gasteiger partial charge in [-0.1, -0.05) is 34.1 Å². The minimum absolute atomic E-state index is 0.152. The summed E-state index contributed by atoms with van der Waals surface area (Å²) < 4.78 is 1.21. The van der Waals surface area contributed by atoms with Crippen LogP contribution in [-0.2, 0) is 5.54 Å². The van der Waals surface area contributed by atoms with Crippen LogP contribution in [0.25, 0.3) is 0 Å². The third-order valence-corrected chi connectivity index (χ3v) is 3.80. The van der Waals surface area contributed by atoms with Gasteiger partial charge >= 0.3 is 0 Å². The maximum atomic E-state index is 3.66. The van der Waals surface area contributed by atoms with Crippen LogP contribution in [-0.4, -0.2) is 6.04 Å². The van der Waals surface area contributed by atoms with E-state index in [2.05, 4.69) is 59.4 Å². The van der Waals surface area contributed by atoms with Gasteiger partial charge in [0.1, 0.15) is 0 Å². The third-order valence-electron chi connectivity index (χ3n) is 3.11. The van der Waals surface area contributed by atoms with Gasteiger partial charge in [-0.25, -0.2) is 0 Å². The molecule has 1 aliphatic heterocycles. The first-order valence-corrected chi connectivity index (χ1v) is 5.94. The molecule has 76 valence electrons. The SMILES string of the molecule is CC1CCC(C)(c2ccccc2Br)N1. The smallest absolute Gasteiger partial charge is 0.0419 e. The molecular formula is C12H16BrN. The summed E-state index contributed by atoms with van der Waals surface area (Å²) in [4.78, 5) is 0. The first-order valence-electron chi connectivity index (χ1n) is 5.14. The molecule has 0 spiro atoms. The summed E-state index contributed by atoms with van der Waals surface area (Å²) in [5, 5.41) is 3.66. The summed E-state index contributed by atoms with van der Waals surface area (Å²) in [6, 6.07) is 9.12. The molecule has 2 unspecified atom stereocenters. The van der Waals surface area contributed by atoms with Gasteiger partial charge in [-0.3, -0.25) is 0 Å². The molecule has 0 bridgehead atoms. The summed E-state index contributed by atoms with van der Waals surface area (Å²) in [7, 11) is 0. The van der Waals surface area contributed by atoms with E-state index >= 15 is 0 Å². The molecule has 2 heteroatoms. The lowest BCUT2D eigenvalue weighted by atomic mass is 9.91. The number of halogens is 1. The van der Waals surface area contributed by atoms with Gasteiger partial charge in [0.05, 0.1) is 0 Å². The predicted molar refractivity (Wildman–Crippen MR) is 63.3 cm³/mol. The highest BCUT2D eigenvalue weighted by Crippen LogP contribution is 2.36. The van der Waals surface area contributed by atoms with Crippen molar-refractivity contribution in [1.29, 1.82) is 0 Å². The Bertz CT molecular complexity index is 337. The Morgan fingerprint density at radius 3 is 2.71 bits per heavy atom. The quantitative estimate of drug-likeness (QED) is 0.809. The zero-order valence-corrected chi connectivity index (χ0v) is 10.3. The molecule has 0 saturated carbocycles. The second kappa shape index (κ2) is 3.67. The van der Waals surface area contributed by atoms with Gasteiger partial charge in [-0.05, 0) is 38.3 Å². The molecule has 1 saturated heterocycles. The van der Waals surface area contributed by atoms with Crippen molar-refractivity contribution in [2.24, 2.45) is 0 Å². The number of rotatable bonds is 1. The van der Waals surface area contributed by atoms with Crippen molar-refractivity contribution in [3.63, 3.8) is 0 Å². The van der Waals surface area contributed by atoms with Gasteiger partial charge in [0.15, 0.2) is 0 Å². The molecule has 0 aliphatic carbocycles. The summed E-state index contributed by atoms with van der Waals surface area (Å²) in [6.07, 6.45) is 2.48. The van der Waals surface area contributed by atoms with E-state index in [0.29, 0.717) is 6.04 Å². The molecule has 2 atom stereocenters. The minimum Gasteiger partial charge on any atom is -0.305 e. The largest absolute Gasteiger partial charge is 0.305 e. The van der Waals surface area contributed by atoms with Crippen LogP contribution in [0.3, 0.4) is 0 Å². The Morgan fingerprint density at radius 2 is 2.14 bits per heavy atom. The monoisotopic (exact) mass is 253 g/mol. The number of nitrogens with one attached hydrogen (secondary N) is 1. The summed E-state index contributed by atoms with van der Waals surface area (Å²) in [5.41, 5.74) is 1.53. The molecule has 1 fully saturated rings. The van der Waals surface area contributed by atoms with Crippen LogP contribution in [0.5, 0.6) is 0 Å². The van der Waals surface area contributed by atoms with E-state index in [4.69, 9.17) is 0 Å². The van der Waals surface area contributed by atoms with E-state index in [0.717, 1.165) is 0 Å². The highest BCUT2D eigenvalue weighted by molar-refractivity contribution is 9.10. The van der Waals surface area contributed by atoms with E-state index < -0.39 is 0 Å². The Labute approximate surface area is 94.0 Å². The van der Waals surface area contributed by atoms with Crippen molar-refractivity contribution in [3.05, 3.63) is 34.3 Å². The van der Waals surface area contributed by atoms with E-state index in [-0.39, 0.29) is 5.54 Å². The van der Waals surface area contributed by atoms with E-state index in [1.165, 1.54) is 22.9 Å². The fraction of sp³-hybridized carbons (Fsp3) is 0.500. The first kappa shape index (κ1) is 10.2. The average Bonchev–Trinajstić information content (AvgIpc) is 2.48. The average molecular weight is 254 g/mol. The highest BCUT2D eigenvalue weighted by Gasteiger charge is 2.34. The van der Waals surface area contributed by atoms with E-state index in [9.17, 15) is 0 Å². The summed E-state index contributed by atoms with van der Waals surface area (Å²) in [5.74, 6) is 0. The molecule has 1 heterocycles. The maximum absolute atomic E-state index is 3.66. The Kier molecular flexibility index (Phi) is 2.67. The van der Waals surface area contributed by atoms with Crippen LogP contribution < -0.4 is 5.32 Å². The highest BCUT2D eigenvalue weighted by atomic mass is 79.9. The topological polar surface area (TPSA) is 12.0 Å². The molecule has 1 aliphatic rings. The second-order valence-corrected chi connectivity index (χ2v) is 5.25. The van der Waals surface area contributed by atoms with Crippen molar-refractivity contribution in [2.45, 2.75) is 38.3 Å².